The molecule has 124 valence electrons. The summed E-state index contributed by atoms with van der Waals surface area (Å²) in [6, 6.07) is 3.59. The minimum atomic E-state index is -0.446. The quantitative estimate of drug-likeness (QED) is 0.855. The van der Waals surface area contributed by atoms with Crippen molar-refractivity contribution >= 4 is 22.9 Å². The van der Waals surface area contributed by atoms with Crippen LogP contribution in [0, 0.1) is 0 Å². The average molecular weight is 317 g/mol. The van der Waals surface area contributed by atoms with Crippen LogP contribution >= 0.6 is 0 Å². The number of carbonyl (C=O) groups excluding carboxylic acids is 1. The Morgan fingerprint density at radius 3 is 2.74 bits per heavy atom. The predicted molar refractivity (Wildman–Crippen MR) is 89.1 cm³/mol. The average Bonchev–Trinajstić information content (AvgIpc) is 2.85. The molecule has 0 aliphatic carbocycles. The molecule has 2 aromatic rings. The zero-order valence-corrected chi connectivity index (χ0v) is 13.4. The van der Waals surface area contributed by atoms with Crippen molar-refractivity contribution in [3.8, 4) is 0 Å². The van der Waals surface area contributed by atoms with Gasteiger partial charge < -0.3 is 20.8 Å². The normalized spacial score (nSPS) is 16.0. The Labute approximate surface area is 135 Å². The second kappa shape index (κ2) is 6.55. The molecule has 1 fully saturated rings. The van der Waals surface area contributed by atoms with Crippen molar-refractivity contribution in [3.05, 3.63) is 23.3 Å². The van der Waals surface area contributed by atoms with Crippen LogP contribution < -0.4 is 11.5 Å². The van der Waals surface area contributed by atoms with Gasteiger partial charge in [0.15, 0.2) is 0 Å². The number of carbonyl (C=O) groups is 1. The van der Waals surface area contributed by atoms with Gasteiger partial charge in [-0.1, -0.05) is 6.92 Å². The van der Waals surface area contributed by atoms with Crippen molar-refractivity contribution in [3.63, 3.8) is 0 Å². The maximum atomic E-state index is 11.6. The lowest BCUT2D eigenvalue weighted by molar-refractivity contribution is 0.0343. The molecule has 0 atom stereocenters. The van der Waals surface area contributed by atoms with Crippen molar-refractivity contribution in [1.29, 1.82) is 0 Å². The summed E-state index contributed by atoms with van der Waals surface area (Å²) >= 11 is 0. The molecule has 1 aromatic heterocycles. The molecule has 0 bridgehead atoms. The van der Waals surface area contributed by atoms with E-state index in [4.69, 9.17) is 16.2 Å². The van der Waals surface area contributed by atoms with E-state index in [1.165, 1.54) is 0 Å². The number of aromatic nitrogens is 2. The molecule has 0 radical (unpaired) electrons. The number of amides is 1. The molecule has 2 heterocycles. The van der Waals surface area contributed by atoms with Gasteiger partial charge in [0.2, 0.25) is 11.9 Å². The summed E-state index contributed by atoms with van der Waals surface area (Å²) in [5, 5.41) is 0. The van der Waals surface area contributed by atoms with E-state index in [9.17, 15) is 4.79 Å². The van der Waals surface area contributed by atoms with Crippen LogP contribution in [0.15, 0.2) is 12.1 Å². The number of nitrogens with two attached hydrogens (primary N) is 2. The van der Waals surface area contributed by atoms with E-state index < -0.39 is 5.91 Å². The Morgan fingerprint density at radius 2 is 2.09 bits per heavy atom. The minimum Gasteiger partial charge on any atom is -0.379 e. The van der Waals surface area contributed by atoms with Crippen LogP contribution in [-0.4, -0.2) is 46.7 Å². The number of imidazole rings is 1. The van der Waals surface area contributed by atoms with Crippen LogP contribution in [0.4, 0.5) is 5.95 Å². The minimum absolute atomic E-state index is 0.446. The SMILES string of the molecule is CCCn1c(N)nc2cc(C(N)=O)cc(CN3CCOCC3)c21. The zero-order chi connectivity index (χ0) is 16.4. The first-order chi connectivity index (χ1) is 11.1. The lowest BCUT2D eigenvalue weighted by Gasteiger charge is -2.27. The highest BCUT2D eigenvalue weighted by molar-refractivity contribution is 5.97. The number of hydrogen-bond acceptors (Lipinski definition) is 5. The number of aryl methyl sites for hydroxylation is 1. The number of nitrogen functional groups attached to an aromatic ring is 1. The number of hydrogen-bond donors (Lipinski definition) is 2. The monoisotopic (exact) mass is 317 g/mol. The summed E-state index contributed by atoms with van der Waals surface area (Å²) in [6.07, 6.45) is 0.963. The van der Waals surface area contributed by atoms with E-state index in [1.54, 1.807) is 6.07 Å². The first kappa shape index (κ1) is 15.8. The fraction of sp³-hybridized carbons (Fsp3) is 0.500. The van der Waals surface area contributed by atoms with Crippen molar-refractivity contribution in [2.75, 3.05) is 32.0 Å². The summed E-state index contributed by atoms with van der Waals surface area (Å²) < 4.78 is 7.42. The molecule has 23 heavy (non-hydrogen) atoms. The first-order valence-electron chi connectivity index (χ1n) is 7.98. The van der Waals surface area contributed by atoms with Gasteiger partial charge in [-0.05, 0) is 24.1 Å². The van der Waals surface area contributed by atoms with Gasteiger partial charge in [0.25, 0.3) is 0 Å². The number of nitrogens with zero attached hydrogens (tertiary/aromatic N) is 3. The number of ether oxygens (including phenoxy) is 1. The highest BCUT2D eigenvalue weighted by Gasteiger charge is 2.18. The topological polar surface area (TPSA) is 99.4 Å². The molecule has 1 amide bonds. The lowest BCUT2D eigenvalue weighted by atomic mass is 10.1. The Kier molecular flexibility index (Phi) is 4.49. The number of anilines is 1. The molecule has 1 aliphatic rings. The molecule has 3 rings (SSSR count). The maximum Gasteiger partial charge on any atom is 0.248 e. The molecule has 1 aromatic carbocycles. The van der Waals surface area contributed by atoms with Crippen LogP contribution in [0.2, 0.25) is 0 Å². The van der Waals surface area contributed by atoms with Gasteiger partial charge in [-0.25, -0.2) is 4.98 Å². The fourth-order valence-corrected chi connectivity index (χ4v) is 3.09. The summed E-state index contributed by atoms with van der Waals surface area (Å²) in [4.78, 5) is 18.4. The summed E-state index contributed by atoms with van der Waals surface area (Å²) in [5.41, 5.74) is 14.8. The molecular formula is C16H23N5O2. The number of benzene rings is 1. The largest absolute Gasteiger partial charge is 0.379 e. The van der Waals surface area contributed by atoms with Crippen LogP contribution in [0.1, 0.15) is 29.3 Å². The van der Waals surface area contributed by atoms with E-state index in [2.05, 4.69) is 16.8 Å². The van der Waals surface area contributed by atoms with E-state index in [0.29, 0.717) is 11.5 Å². The molecule has 1 aliphatic heterocycles. The number of primary amides is 1. The molecule has 7 heteroatoms. The Morgan fingerprint density at radius 1 is 1.35 bits per heavy atom. The van der Waals surface area contributed by atoms with Crippen LogP contribution in [-0.2, 0) is 17.8 Å². The Hall–Kier alpha value is -2.12. The third-order valence-electron chi connectivity index (χ3n) is 4.18. The van der Waals surface area contributed by atoms with Gasteiger partial charge in [0, 0.05) is 31.7 Å². The van der Waals surface area contributed by atoms with Crippen LogP contribution in [0.5, 0.6) is 0 Å². The molecule has 1 saturated heterocycles. The fourth-order valence-electron chi connectivity index (χ4n) is 3.09. The summed E-state index contributed by atoms with van der Waals surface area (Å²) in [6.45, 7) is 6.85. The predicted octanol–water partition coefficient (Wildman–Crippen LogP) is 0.960. The maximum absolute atomic E-state index is 11.6. The summed E-state index contributed by atoms with van der Waals surface area (Å²) in [7, 11) is 0. The second-order valence-electron chi connectivity index (χ2n) is 5.88. The summed E-state index contributed by atoms with van der Waals surface area (Å²) in [5.74, 6) is 0.0328. The van der Waals surface area contributed by atoms with E-state index >= 15 is 0 Å². The van der Waals surface area contributed by atoms with Crippen LogP contribution in [0.3, 0.4) is 0 Å². The Balaban J connectivity index is 2.08. The van der Waals surface area contributed by atoms with Gasteiger partial charge in [-0.15, -0.1) is 0 Å². The molecule has 7 nitrogen and oxygen atoms in total. The van der Waals surface area contributed by atoms with E-state index in [-0.39, 0.29) is 0 Å². The van der Waals surface area contributed by atoms with Gasteiger partial charge in [-0.3, -0.25) is 9.69 Å². The van der Waals surface area contributed by atoms with Crippen LogP contribution in [0.25, 0.3) is 11.0 Å². The van der Waals surface area contributed by atoms with E-state index in [1.807, 2.05) is 10.6 Å². The van der Waals surface area contributed by atoms with Crippen molar-refractivity contribution in [2.24, 2.45) is 5.73 Å². The number of fused-ring (bicyclic) bond motifs is 1. The zero-order valence-electron chi connectivity index (χ0n) is 13.4. The van der Waals surface area contributed by atoms with Crippen molar-refractivity contribution in [1.82, 2.24) is 14.5 Å². The molecule has 0 spiro atoms. The van der Waals surface area contributed by atoms with Crippen molar-refractivity contribution in [2.45, 2.75) is 26.4 Å². The Bertz CT molecular complexity index is 719. The molecular weight excluding hydrogens is 294 g/mol. The molecule has 4 N–H and O–H groups in total. The molecule has 0 saturated carbocycles. The smallest absolute Gasteiger partial charge is 0.248 e. The van der Waals surface area contributed by atoms with Gasteiger partial charge in [0.1, 0.15) is 0 Å². The number of rotatable bonds is 5. The molecule has 0 unspecified atom stereocenters. The second-order valence-corrected chi connectivity index (χ2v) is 5.88. The van der Waals surface area contributed by atoms with Crippen molar-refractivity contribution < 1.29 is 9.53 Å². The number of morpholine rings is 1. The highest BCUT2D eigenvalue weighted by Crippen LogP contribution is 2.26. The standard InChI is InChI=1S/C16H23N5O2/c1-2-3-21-14-12(10-20-4-6-23-7-5-20)8-11(15(17)22)9-13(14)19-16(21)18/h8-9H,2-7,10H2,1H3,(H2,17,22)(H2,18,19). The third kappa shape index (κ3) is 3.16. The first-order valence-corrected chi connectivity index (χ1v) is 7.98. The highest BCUT2D eigenvalue weighted by atomic mass is 16.5. The van der Waals surface area contributed by atoms with Gasteiger partial charge in [0.05, 0.1) is 24.2 Å². The van der Waals surface area contributed by atoms with Gasteiger partial charge in [-0.2, -0.15) is 0 Å². The third-order valence-corrected chi connectivity index (χ3v) is 4.18. The van der Waals surface area contributed by atoms with Gasteiger partial charge >= 0.3 is 0 Å². The lowest BCUT2D eigenvalue weighted by Crippen LogP contribution is -2.35. The van der Waals surface area contributed by atoms with E-state index in [0.717, 1.165) is 62.4 Å².